The van der Waals surface area contributed by atoms with Gasteiger partial charge in [-0.2, -0.15) is 0 Å². The van der Waals surface area contributed by atoms with Crippen molar-refractivity contribution in [2.45, 2.75) is 39.8 Å². The number of aryl methyl sites for hydroxylation is 1. The third kappa shape index (κ3) is 5.14. The average Bonchev–Trinajstić information content (AvgIpc) is 2.40. The van der Waals surface area contributed by atoms with Crippen LogP contribution in [-0.2, 0) is 6.54 Å². The van der Waals surface area contributed by atoms with Crippen LogP contribution in [0.15, 0.2) is 40.9 Å². The smallest absolute Gasteiger partial charge is 0.219 e. The average molecular weight is 349 g/mol. The summed E-state index contributed by atoms with van der Waals surface area (Å²) in [4.78, 5) is 4.54. The van der Waals surface area contributed by atoms with E-state index in [1.165, 1.54) is 0 Å². The molecular formula is C17H21BrN2O. The molecule has 1 aromatic carbocycles. The molecule has 2 rings (SSSR count). The van der Waals surface area contributed by atoms with Gasteiger partial charge in [-0.15, -0.1) is 0 Å². The minimum absolute atomic E-state index is 0.0689. The highest BCUT2D eigenvalue weighted by Crippen LogP contribution is 2.27. The van der Waals surface area contributed by atoms with E-state index in [4.69, 9.17) is 4.74 Å². The number of hydrogen-bond donors (Lipinski definition) is 1. The molecule has 1 aromatic heterocycles. The van der Waals surface area contributed by atoms with Gasteiger partial charge in [-0.05, 0) is 51.5 Å². The molecule has 0 spiro atoms. The lowest BCUT2D eigenvalue weighted by atomic mass is 10.1. The maximum Gasteiger partial charge on any atom is 0.219 e. The lowest BCUT2D eigenvalue weighted by Crippen LogP contribution is -2.35. The van der Waals surface area contributed by atoms with Crippen LogP contribution in [0.1, 0.15) is 32.0 Å². The predicted molar refractivity (Wildman–Crippen MR) is 89.8 cm³/mol. The van der Waals surface area contributed by atoms with Crippen molar-refractivity contribution in [1.82, 2.24) is 10.3 Å². The molecule has 0 aliphatic heterocycles. The fourth-order valence-electron chi connectivity index (χ4n) is 1.77. The molecular weight excluding hydrogens is 328 g/mol. The number of rotatable bonds is 4. The molecule has 2 aromatic rings. The van der Waals surface area contributed by atoms with Gasteiger partial charge in [0.25, 0.3) is 0 Å². The highest BCUT2D eigenvalue weighted by atomic mass is 79.9. The van der Waals surface area contributed by atoms with Gasteiger partial charge in [-0.1, -0.05) is 28.1 Å². The van der Waals surface area contributed by atoms with E-state index < -0.39 is 0 Å². The number of hydrogen-bond acceptors (Lipinski definition) is 3. The number of aromatic nitrogens is 1. The predicted octanol–water partition coefficient (Wildman–Crippen LogP) is 4.83. The molecule has 0 saturated carbocycles. The number of nitrogens with zero attached hydrogens (tertiary/aromatic N) is 1. The Labute approximate surface area is 134 Å². The summed E-state index contributed by atoms with van der Waals surface area (Å²) in [5.74, 6) is 1.43. The minimum Gasteiger partial charge on any atom is -0.439 e. The Morgan fingerprint density at radius 3 is 2.67 bits per heavy atom. The zero-order chi connectivity index (χ0) is 15.5. The van der Waals surface area contributed by atoms with Crippen LogP contribution in [0.25, 0.3) is 0 Å². The van der Waals surface area contributed by atoms with Gasteiger partial charge in [0.05, 0.1) is 5.69 Å². The van der Waals surface area contributed by atoms with Gasteiger partial charge in [-0.3, -0.25) is 0 Å². The summed E-state index contributed by atoms with van der Waals surface area (Å²) in [6.07, 6.45) is 0. The lowest BCUT2D eigenvalue weighted by molar-refractivity contribution is 0.415. The molecule has 1 N–H and O–H groups in total. The normalized spacial score (nSPS) is 11.5. The van der Waals surface area contributed by atoms with Crippen LogP contribution >= 0.6 is 15.9 Å². The van der Waals surface area contributed by atoms with Crippen molar-refractivity contribution in [2.75, 3.05) is 0 Å². The van der Waals surface area contributed by atoms with Crippen LogP contribution < -0.4 is 10.1 Å². The highest BCUT2D eigenvalue weighted by Gasteiger charge is 2.10. The first-order chi connectivity index (χ1) is 9.83. The summed E-state index contributed by atoms with van der Waals surface area (Å²) >= 11 is 3.46. The highest BCUT2D eigenvalue weighted by molar-refractivity contribution is 9.10. The first-order valence-corrected chi connectivity index (χ1v) is 7.78. The van der Waals surface area contributed by atoms with Gasteiger partial charge in [-0.25, -0.2) is 4.98 Å². The van der Waals surface area contributed by atoms with Crippen LogP contribution in [0.4, 0.5) is 0 Å². The molecule has 0 atom stereocenters. The minimum atomic E-state index is 0.0689. The molecule has 0 aliphatic carbocycles. The Morgan fingerprint density at radius 1 is 1.19 bits per heavy atom. The van der Waals surface area contributed by atoms with E-state index in [0.717, 1.165) is 28.0 Å². The van der Waals surface area contributed by atoms with Crippen molar-refractivity contribution in [1.29, 1.82) is 0 Å². The SMILES string of the molecule is Cc1ccc(Br)cc1Oc1cccc(CNC(C)(C)C)n1. The van der Waals surface area contributed by atoms with Crippen LogP contribution in [0.3, 0.4) is 0 Å². The van der Waals surface area contributed by atoms with Gasteiger partial charge in [0.15, 0.2) is 0 Å². The summed E-state index contributed by atoms with van der Waals surface area (Å²) < 4.78 is 6.89. The Kier molecular flexibility index (Phi) is 5.01. The molecule has 0 aliphatic rings. The van der Waals surface area contributed by atoms with Crippen molar-refractivity contribution in [3.63, 3.8) is 0 Å². The molecule has 3 nitrogen and oxygen atoms in total. The van der Waals surface area contributed by atoms with E-state index in [2.05, 4.69) is 47.0 Å². The quantitative estimate of drug-likeness (QED) is 0.858. The summed E-state index contributed by atoms with van der Waals surface area (Å²) in [6.45, 7) is 9.15. The molecule has 1 heterocycles. The van der Waals surface area contributed by atoms with E-state index in [0.29, 0.717) is 5.88 Å². The Hall–Kier alpha value is -1.39. The van der Waals surface area contributed by atoms with Crippen molar-refractivity contribution in [3.05, 3.63) is 52.1 Å². The molecule has 0 fully saturated rings. The van der Waals surface area contributed by atoms with Crippen LogP contribution in [0.5, 0.6) is 11.6 Å². The van der Waals surface area contributed by atoms with E-state index in [9.17, 15) is 0 Å². The monoisotopic (exact) mass is 348 g/mol. The van der Waals surface area contributed by atoms with Gasteiger partial charge in [0.1, 0.15) is 5.75 Å². The molecule has 0 saturated heterocycles. The Morgan fingerprint density at radius 2 is 1.95 bits per heavy atom. The van der Waals surface area contributed by atoms with Gasteiger partial charge in [0, 0.05) is 22.6 Å². The number of benzene rings is 1. The molecule has 0 bridgehead atoms. The maximum atomic E-state index is 5.89. The Balaban J connectivity index is 2.12. The van der Waals surface area contributed by atoms with Gasteiger partial charge in [0.2, 0.25) is 5.88 Å². The lowest BCUT2D eigenvalue weighted by Gasteiger charge is -2.20. The number of halogens is 1. The zero-order valence-electron chi connectivity index (χ0n) is 12.9. The second-order valence-electron chi connectivity index (χ2n) is 6.08. The summed E-state index contributed by atoms with van der Waals surface area (Å²) in [5.41, 5.74) is 2.12. The zero-order valence-corrected chi connectivity index (χ0v) is 14.5. The largest absolute Gasteiger partial charge is 0.439 e. The molecule has 0 amide bonds. The molecule has 21 heavy (non-hydrogen) atoms. The fourth-order valence-corrected chi connectivity index (χ4v) is 2.11. The summed E-state index contributed by atoms with van der Waals surface area (Å²) in [7, 11) is 0. The maximum absolute atomic E-state index is 5.89. The first kappa shape index (κ1) is 16.0. The molecule has 4 heteroatoms. The second kappa shape index (κ2) is 6.58. The first-order valence-electron chi connectivity index (χ1n) is 6.98. The number of nitrogens with one attached hydrogen (secondary N) is 1. The van der Waals surface area contributed by atoms with Gasteiger partial charge >= 0.3 is 0 Å². The van der Waals surface area contributed by atoms with Crippen molar-refractivity contribution in [2.24, 2.45) is 0 Å². The van der Waals surface area contributed by atoms with Crippen LogP contribution in [0.2, 0.25) is 0 Å². The van der Waals surface area contributed by atoms with Crippen LogP contribution in [0, 0.1) is 6.92 Å². The van der Waals surface area contributed by atoms with Crippen molar-refractivity contribution < 1.29 is 4.74 Å². The van der Waals surface area contributed by atoms with Gasteiger partial charge < -0.3 is 10.1 Å². The fraction of sp³-hybridized carbons (Fsp3) is 0.353. The standard InChI is InChI=1S/C17H21BrN2O/c1-12-8-9-13(18)10-15(12)21-16-7-5-6-14(20-16)11-19-17(2,3)4/h5-10,19H,11H2,1-4H3. The molecule has 112 valence electrons. The summed E-state index contributed by atoms with van der Waals surface area (Å²) in [5, 5.41) is 3.42. The van der Waals surface area contributed by atoms with E-state index in [-0.39, 0.29) is 5.54 Å². The second-order valence-corrected chi connectivity index (χ2v) is 7.00. The van der Waals surface area contributed by atoms with E-state index in [1.807, 2.05) is 43.3 Å². The van der Waals surface area contributed by atoms with Crippen LogP contribution in [-0.4, -0.2) is 10.5 Å². The number of pyridine rings is 1. The number of ether oxygens (including phenoxy) is 1. The molecule has 0 unspecified atom stereocenters. The van der Waals surface area contributed by atoms with E-state index in [1.54, 1.807) is 0 Å². The Bertz CT molecular complexity index is 620. The third-order valence-corrected chi connectivity index (χ3v) is 3.44. The van der Waals surface area contributed by atoms with E-state index >= 15 is 0 Å². The van der Waals surface area contributed by atoms with Crippen molar-refractivity contribution in [3.8, 4) is 11.6 Å². The van der Waals surface area contributed by atoms with Crippen molar-refractivity contribution >= 4 is 15.9 Å². The topological polar surface area (TPSA) is 34.1 Å². The third-order valence-electron chi connectivity index (χ3n) is 2.95. The molecule has 0 radical (unpaired) electrons. The summed E-state index contributed by atoms with van der Waals surface area (Å²) in [6, 6.07) is 11.8.